The third kappa shape index (κ3) is 4.17. The van der Waals surface area contributed by atoms with E-state index in [0.29, 0.717) is 12.4 Å². The quantitative estimate of drug-likeness (QED) is 0.775. The fourth-order valence-electron chi connectivity index (χ4n) is 2.28. The maximum absolute atomic E-state index is 12.9. The van der Waals surface area contributed by atoms with Crippen molar-refractivity contribution in [1.29, 1.82) is 0 Å². The number of hydrogen-bond donors (Lipinski definition) is 1. The second kappa shape index (κ2) is 7.53. The summed E-state index contributed by atoms with van der Waals surface area (Å²) in [5.41, 5.74) is 1.97. The molecule has 3 aromatic rings. The van der Waals surface area contributed by atoms with Crippen molar-refractivity contribution in [1.82, 2.24) is 10.2 Å². The number of halogens is 1. The highest BCUT2D eigenvalue weighted by Crippen LogP contribution is 2.14. The van der Waals surface area contributed by atoms with Crippen LogP contribution in [0.25, 0.3) is 0 Å². The number of para-hydroxylation sites is 1. The van der Waals surface area contributed by atoms with Crippen molar-refractivity contribution in [3.63, 3.8) is 0 Å². The number of rotatable bonds is 5. The Hall–Kier alpha value is -3.28. The van der Waals surface area contributed by atoms with Gasteiger partial charge in [-0.05, 0) is 42.0 Å². The van der Waals surface area contributed by atoms with Gasteiger partial charge in [-0.2, -0.15) is 0 Å². The third-order valence-corrected chi connectivity index (χ3v) is 3.72. The van der Waals surface area contributed by atoms with Crippen molar-refractivity contribution in [2.75, 3.05) is 17.3 Å². The average Bonchev–Trinajstić information content (AvgIpc) is 2.67. The molecule has 6 heteroatoms. The second-order valence-electron chi connectivity index (χ2n) is 5.48. The number of anilines is 2. The fourth-order valence-corrected chi connectivity index (χ4v) is 2.28. The molecule has 0 unspecified atom stereocenters. The molecule has 0 atom stereocenters. The van der Waals surface area contributed by atoms with Crippen molar-refractivity contribution in [3.05, 3.63) is 83.8 Å². The zero-order valence-electron chi connectivity index (χ0n) is 13.7. The first-order chi connectivity index (χ1) is 12.1. The van der Waals surface area contributed by atoms with E-state index in [-0.39, 0.29) is 17.4 Å². The number of nitrogens with zero attached hydrogens (tertiary/aromatic N) is 3. The van der Waals surface area contributed by atoms with Gasteiger partial charge in [-0.25, -0.2) is 4.39 Å². The van der Waals surface area contributed by atoms with Crippen molar-refractivity contribution in [2.24, 2.45) is 0 Å². The summed E-state index contributed by atoms with van der Waals surface area (Å²) in [4.78, 5) is 14.0. The van der Waals surface area contributed by atoms with E-state index in [9.17, 15) is 9.18 Å². The molecule has 1 amide bonds. The first-order valence-corrected chi connectivity index (χ1v) is 7.78. The highest BCUT2D eigenvalue weighted by atomic mass is 19.1. The summed E-state index contributed by atoms with van der Waals surface area (Å²) >= 11 is 0. The summed E-state index contributed by atoms with van der Waals surface area (Å²) < 4.78 is 12.9. The number of nitrogens with one attached hydrogen (secondary N) is 1. The molecule has 0 fully saturated rings. The van der Waals surface area contributed by atoms with E-state index in [1.807, 2.05) is 30.3 Å². The fraction of sp³-hybridized carbons (Fsp3) is 0.105. The van der Waals surface area contributed by atoms with Gasteiger partial charge in [-0.1, -0.05) is 30.3 Å². The van der Waals surface area contributed by atoms with Gasteiger partial charge in [-0.3, -0.25) is 4.79 Å². The average molecular weight is 336 g/mol. The molecular weight excluding hydrogens is 319 g/mol. The Balaban J connectivity index is 1.63. The highest BCUT2D eigenvalue weighted by molar-refractivity contribution is 6.04. The van der Waals surface area contributed by atoms with Crippen molar-refractivity contribution in [2.45, 2.75) is 6.54 Å². The van der Waals surface area contributed by atoms with Gasteiger partial charge in [0.15, 0.2) is 5.69 Å². The van der Waals surface area contributed by atoms with Crippen LogP contribution in [-0.4, -0.2) is 23.2 Å². The maximum atomic E-state index is 12.9. The lowest BCUT2D eigenvalue weighted by molar-refractivity contribution is 0.0987. The van der Waals surface area contributed by atoms with E-state index in [1.54, 1.807) is 31.3 Å². The molecule has 0 saturated heterocycles. The van der Waals surface area contributed by atoms with Crippen LogP contribution >= 0.6 is 0 Å². The summed E-state index contributed by atoms with van der Waals surface area (Å²) in [6.07, 6.45) is 0. The van der Waals surface area contributed by atoms with Crippen LogP contribution in [0.5, 0.6) is 0 Å². The van der Waals surface area contributed by atoms with Gasteiger partial charge in [0, 0.05) is 19.3 Å². The van der Waals surface area contributed by atoms with Gasteiger partial charge in [0.05, 0.1) is 0 Å². The molecular formula is C19H17FN4O. The summed E-state index contributed by atoms with van der Waals surface area (Å²) in [6, 6.07) is 18.9. The second-order valence-corrected chi connectivity index (χ2v) is 5.48. The molecule has 1 aromatic heterocycles. The molecule has 3 rings (SSSR count). The Morgan fingerprint density at radius 3 is 2.36 bits per heavy atom. The van der Waals surface area contributed by atoms with Crippen molar-refractivity contribution >= 4 is 17.4 Å². The molecule has 25 heavy (non-hydrogen) atoms. The van der Waals surface area contributed by atoms with Crippen molar-refractivity contribution in [3.8, 4) is 0 Å². The molecule has 0 radical (unpaired) electrons. The lowest BCUT2D eigenvalue weighted by atomic mass is 10.2. The van der Waals surface area contributed by atoms with E-state index < -0.39 is 0 Å². The van der Waals surface area contributed by atoms with Crippen LogP contribution in [0, 0.1) is 5.82 Å². The summed E-state index contributed by atoms with van der Waals surface area (Å²) in [7, 11) is 1.69. The zero-order valence-corrected chi connectivity index (χ0v) is 13.7. The van der Waals surface area contributed by atoms with E-state index >= 15 is 0 Å². The van der Waals surface area contributed by atoms with Crippen molar-refractivity contribution < 1.29 is 9.18 Å². The Bertz CT molecular complexity index is 836. The van der Waals surface area contributed by atoms with Crippen LogP contribution < -0.4 is 10.2 Å². The van der Waals surface area contributed by atoms with Gasteiger partial charge in [0.1, 0.15) is 11.6 Å². The first kappa shape index (κ1) is 16.6. The number of carbonyl (C=O) groups excluding carboxylic acids is 1. The number of carbonyl (C=O) groups is 1. The van der Waals surface area contributed by atoms with Gasteiger partial charge in [-0.15, -0.1) is 10.2 Å². The number of amides is 1. The molecule has 0 spiro atoms. The number of aromatic nitrogens is 2. The minimum absolute atomic E-state index is 0.233. The molecule has 0 bridgehead atoms. The molecule has 0 aliphatic rings. The van der Waals surface area contributed by atoms with Crippen LogP contribution in [-0.2, 0) is 6.54 Å². The zero-order chi connectivity index (χ0) is 17.6. The predicted molar refractivity (Wildman–Crippen MR) is 94.9 cm³/mol. The Kier molecular flexibility index (Phi) is 4.99. The molecule has 2 aromatic carbocycles. The normalized spacial score (nSPS) is 10.3. The minimum Gasteiger partial charge on any atom is -0.365 e. The molecule has 0 aliphatic heterocycles. The lowest BCUT2D eigenvalue weighted by Crippen LogP contribution is -2.27. The summed E-state index contributed by atoms with van der Waals surface area (Å²) in [5, 5.41) is 11.1. The highest BCUT2D eigenvalue weighted by Gasteiger charge is 2.15. The smallest absolute Gasteiger partial charge is 0.278 e. The Labute approximate surface area is 145 Å². The van der Waals surface area contributed by atoms with E-state index in [0.717, 1.165) is 11.3 Å². The Morgan fingerprint density at radius 1 is 1.00 bits per heavy atom. The molecule has 5 nitrogen and oxygen atoms in total. The molecule has 1 heterocycles. The van der Waals surface area contributed by atoms with Crippen LogP contribution in [0.3, 0.4) is 0 Å². The third-order valence-electron chi connectivity index (χ3n) is 3.72. The minimum atomic E-state index is -0.269. The molecule has 1 N–H and O–H groups in total. The summed E-state index contributed by atoms with van der Waals surface area (Å²) in [5.74, 6) is 0.0426. The van der Waals surface area contributed by atoms with Gasteiger partial charge >= 0.3 is 0 Å². The van der Waals surface area contributed by atoms with Crippen LogP contribution in [0.15, 0.2) is 66.7 Å². The maximum Gasteiger partial charge on any atom is 0.278 e. The molecule has 0 saturated carbocycles. The van der Waals surface area contributed by atoms with E-state index in [2.05, 4.69) is 15.5 Å². The topological polar surface area (TPSA) is 58.1 Å². The molecule has 0 aliphatic carbocycles. The summed E-state index contributed by atoms with van der Waals surface area (Å²) in [6.45, 7) is 0.492. The SMILES string of the molecule is CN(C(=O)c1ccc(NCc2ccc(F)cc2)nn1)c1ccccc1. The van der Waals surface area contributed by atoms with Gasteiger partial charge in [0.2, 0.25) is 0 Å². The van der Waals surface area contributed by atoms with E-state index in [1.165, 1.54) is 17.0 Å². The lowest BCUT2D eigenvalue weighted by Gasteiger charge is -2.16. The van der Waals surface area contributed by atoms with Crippen LogP contribution in [0.1, 0.15) is 16.1 Å². The monoisotopic (exact) mass is 336 g/mol. The number of benzene rings is 2. The Morgan fingerprint density at radius 2 is 1.72 bits per heavy atom. The van der Waals surface area contributed by atoms with E-state index in [4.69, 9.17) is 0 Å². The van der Waals surface area contributed by atoms with Crippen LogP contribution in [0.2, 0.25) is 0 Å². The first-order valence-electron chi connectivity index (χ1n) is 7.78. The molecule has 126 valence electrons. The van der Waals surface area contributed by atoms with Gasteiger partial charge < -0.3 is 10.2 Å². The van der Waals surface area contributed by atoms with Gasteiger partial charge in [0.25, 0.3) is 5.91 Å². The number of hydrogen-bond acceptors (Lipinski definition) is 4. The van der Waals surface area contributed by atoms with Crippen LogP contribution in [0.4, 0.5) is 15.9 Å². The predicted octanol–water partition coefficient (Wildman–Crippen LogP) is 3.50. The largest absolute Gasteiger partial charge is 0.365 e. The standard InChI is InChI=1S/C19H17FN4O/c1-24(16-5-3-2-4-6-16)19(25)17-11-12-18(23-22-17)21-13-14-7-9-15(20)10-8-14/h2-12H,13H2,1H3,(H,21,23).